The Hall–Kier alpha value is -1.09. The maximum Gasteiger partial charge on any atom is 0.137 e. The lowest BCUT2D eigenvalue weighted by Gasteiger charge is -2.19. The number of rotatable bonds is 4. The van der Waals surface area contributed by atoms with E-state index in [1.165, 1.54) is 19.4 Å². The molecule has 1 unspecified atom stereocenters. The average Bonchev–Trinajstić information content (AvgIpc) is 2.66. The third-order valence-electron chi connectivity index (χ3n) is 3.03. The Bertz CT molecular complexity index is 289. The van der Waals surface area contributed by atoms with Crippen molar-refractivity contribution in [3.8, 4) is 5.75 Å². The molecular weight excluding hydrogens is 188 g/mol. The first-order chi connectivity index (χ1) is 7.36. The maximum atomic E-state index is 5.63. The predicted octanol–water partition coefficient (Wildman–Crippen LogP) is 1.94. The second kappa shape index (κ2) is 5.12. The Labute approximate surface area is 91.1 Å². The van der Waals surface area contributed by atoms with Crippen LogP contribution in [0.1, 0.15) is 19.3 Å². The average molecular weight is 206 g/mol. The van der Waals surface area contributed by atoms with E-state index in [4.69, 9.17) is 4.74 Å². The molecule has 0 bridgehead atoms. The molecule has 0 spiro atoms. The summed E-state index contributed by atoms with van der Waals surface area (Å²) in [4.78, 5) is 6.44. The minimum Gasteiger partial charge on any atom is -0.492 e. The monoisotopic (exact) mass is 206 g/mol. The zero-order valence-corrected chi connectivity index (χ0v) is 9.22. The van der Waals surface area contributed by atoms with Crippen molar-refractivity contribution in [3.05, 3.63) is 24.5 Å². The van der Waals surface area contributed by atoms with Crippen LogP contribution in [0.15, 0.2) is 24.5 Å². The fourth-order valence-electron chi connectivity index (χ4n) is 2.09. The van der Waals surface area contributed by atoms with E-state index in [0.29, 0.717) is 6.04 Å². The van der Waals surface area contributed by atoms with E-state index < -0.39 is 0 Å². The smallest absolute Gasteiger partial charge is 0.137 e. The van der Waals surface area contributed by atoms with E-state index in [1.807, 2.05) is 12.1 Å². The van der Waals surface area contributed by atoms with E-state index in [-0.39, 0.29) is 0 Å². The van der Waals surface area contributed by atoms with Gasteiger partial charge < -0.3 is 9.64 Å². The first-order valence-electron chi connectivity index (χ1n) is 5.59. The second-order valence-electron chi connectivity index (χ2n) is 4.10. The molecule has 1 fully saturated rings. The second-order valence-corrected chi connectivity index (χ2v) is 4.10. The molecule has 0 amide bonds. The molecule has 0 saturated carbocycles. The van der Waals surface area contributed by atoms with Crippen LogP contribution in [0.5, 0.6) is 5.75 Å². The molecule has 0 N–H and O–H groups in total. The van der Waals surface area contributed by atoms with Crippen molar-refractivity contribution in [2.75, 3.05) is 20.2 Å². The van der Waals surface area contributed by atoms with E-state index in [2.05, 4.69) is 16.9 Å². The molecule has 2 heterocycles. The zero-order chi connectivity index (χ0) is 10.5. The third kappa shape index (κ3) is 2.93. The molecule has 82 valence electrons. The molecular formula is C12H18N2O. The van der Waals surface area contributed by atoms with Gasteiger partial charge in [0.2, 0.25) is 0 Å². The summed E-state index contributed by atoms with van der Waals surface area (Å²) in [6, 6.07) is 4.56. The lowest BCUT2D eigenvalue weighted by atomic mass is 10.1. The van der Waals surface area contributed by atoms with Crippen molar-refractivity contribution in [1.82, 2.24) is 9.88 Å². The highest BCUT2D eigenvalue weighted by Gasteiger charge is 2.20. The number of nitrogens with zero attached hydrogens (tertiary/aromatic N) is 2. The largest absolute Gasteiger partial charge is 0.492 e. The fraction of sp³-hybridized carbons (Fsp3) is 0.583. The minimum absolute atomic E-state index is 0.710. The molecule has 1 aromatic rings. The number of pyridine rings is 1. The van der Waals surface area contributed by atoms with Crippen LogP contribution < -0.4 is 4.74 Å². The van der Waals surface area contributed by atoms with Gasteiger partial charge >= 0.3 is 0 Å². The Morgan fingerprint density at radius 3 is 3.20 bits per heavy atom. The van der Waals surface area contributed by atoms with Crippen LogP contribution in [0.3, 0.4) is 0 Å². The molecule has 0 radical (unpaired) electrons. The van der Waals surface area contributed by atoms with Gasteiger partial charge in [0, 0.05) is 12.2 Å². The number of ether oxygens (including phenoxy) is 1. The number of aromatic nitrogens is 1. The van der Waals surface area contributed by atoms with Crippen LogP contribution in [-0.4, -0.2) is 36.1 Å². The molecule has 3 nitrogen and oxygen atoms in total. The Morgan fingerprint density at radius 2 is 2.53 bits per heavy atom. The molecule has 15 heavy (non-hydrogen) atoms. The van der Waals surface area contributed by atoms with E-state index in [9.17, 15) is 0 Å². The first-order valence-corrected chi connectivity index (χ1v) is 5.59. The minimum atomic E-state index is 0.710. The molecule has 1 aliphatic rings. The first kappa shape index (κ1) is 10.4. The molecule has 1 aromatic heterocycles. The Morgan fingerprint density at radius 1 is 1.60 bits per heavy atom. The normalized spacial score (nSPS) is 21.8. The van der Waals surface area contributed by atoms with Gasteiger partial charge in [0.1, 0.15) is 5.75 Å². The van der Waals surface area contributed by atoms with Gasteiger partial charge in [0.15, 0.2) is 0 Å². The standard InChI is InChI=1S/C12H18N2O/c1-14-8-3-4-11(14)6-9-15-12-5-2-7-13-10-12/h2,5,7,10-11H,3-4,6,8-9H2,1H3. The topological polar surface area (TPSA) is 25.4 Å². The zero-order valence-electron chi connectivity index (χ0n) is 9.22. The van der Waals surface area contributed by atoms with E-state index >= 15 is 0 Å². The van der Waals surface area contributed by atoms with Crippen molar-refractivity contribution < 1.29 is 4.74 Å². The number of hydrogen-bond donors (Lipinski definition) is 0. The van der Waals surface area contributed by atoms with Crippen molar-refractivity contribution in [3.63, 3.8) is 0 Å². The molecule has 1 saturated heterocycles. The highest BCUT2D eigenvalue weighted by Crippen LogP contribution is 2.18. The molecule has 1 aliphatic heterocycles. The van der Waals surface area contributed by atoms with Crippen molar-refractivity contribution in [1.29, 1.82) is 0 Å². The summed E-state index contributed by atoms with van der Waals surface area (Å²) >= 11 is 0. The van der Waals surface area contributed by atoms with Crippen LogP contribution in [0.25, 0.3) is 0 Å². The number of hydrogen-bond acceptors (Lipinski definition) is 3. The van der Waals surface area contributed by atoms with Gasteiger partial charge in [-0.2, -0.15) is 0 Å². The maximum absolute atomic E-state index is 5.63. The SMILES string of the molecule is CN1CCCC1CCOc1cccnc1. The van der Waals surface area contributed by atoms with Crippen LogP contribution >= 0.6 is 0 Å². The fourth-order valence-corrected chi connectivity index (χ4v) is 2.09. The van der Waals surface area contributed by atoms with E-state index in [1.54, 1.807) is 12.4 Å². The van der Waals surface area contributed by atoms with Gasteiger partial charge in [-0.15, -0.1) is 0 Å². The summed E-state index contributed by atoms with van der Waals surface area (Å²) in [7, 11) is 2.20. The summed E-state index contributed by atoms with van der Waals surface area (Å²) in [6.45, 7) is 2.03. The number of likely N-dealkylation sites (tertiary alicyclic amines) is 1. The van der Waals surface area contributed by atoms with Crippen molar-refractivity contribution >= 4 is 0 Å². The summed E-state index contributed by atoms with van der Waals surface area (Å²) < 4.78 is 5.63. The molecule has 2 rings (SSSR count). The highest BCUT2D eigenvalue weighted by molar-refractivity contribution is 5.15. The van der Waals surface area contributed by atoms with Gasteiger partial charge in [-0.05, 0) is 45.0 Å². The van der Waals surface area contributed by atoms with Crippen molar-refractivity contribution in [2.24, 2.45) is 0 Å². The van der Waals surface area contributed by atoms with E-state index in [0.717, 1.165) is 18.8 Å². The van der Waals surface area contributed by atoms with Gasteiger partial charge in [-0.25, -0.2) is 0 Å². The molecule has 3 heteroatoms. The lowest BCUT2D eigenvalue weighted by molar-refractivity contribution is 0.233. The highest BCUT2D eigenvalue weighted by atomic mass is 16.5. The van der Waals surface area contributed by atoms with Gasteiger partial charge in [-0.1, -0.05) is 0 Å². The van der Waals surface area contributed by atoms with Crippen LogP contribution in [-0.2, 0) is 0 Å². The van der Waals surface area contributed by atoms with Gasteiger partial charge in [0.05, 0.1) is 12.8 Å². The summed E-state index contributed by atoms with van der Waals surface area (Å²) in [5.74, 6) is 0.873. The predicted molar refractivity (Wildman–Crippen MR) is 60.0 cm³/mol. The lowest BCUT2D eigenvalue weighted by Crippen LogP contribution is -2.26. The quantitative estimate of drug-likeness (QED) is 0.753. The van der Waals surface area contributed by atoms with Crippen LogP contribution in [0.2, 0.25) is 0 Å². The Balaban J connectivity index is 1.71. The van der Waals surface area contributed by atoms with Crippen LogP contribution in [0.4, 0.5) is 0 Å². The third-order valence-corrected chi connectivity index (χ3v) is 3.03. The summed E-state index contributed by atoms with van der Waals surface area (Å²) in [5.41, 5.74) is 0. The van der Waals surface area contributed by atoms with Crippen molar-refractivity contribution in [2.45, 2.75) is 25.3 Å². The van der Waals surface area contributed by atoms with Gasteiger partial charge in [0.25, 0.3) is 0 Å². The molecule has 0 aromatic carbocycles. The van der Waals surface area contributed by atoms with Crippen LogP contribution in [0, 0.1) is 0 Å². The summed E-state index contributed by atoms with van der Waals surface area (Å²) in [6.07, 6.45) is 7.28. The Kier molecular flexibility index (Phi) is 3.56. The van der Waals surface area contributed by atoms with Gasteiger partial charge in [-0.3, -0.25) is 4.98 Å². The summed E-state index contributed by atoms with van der Waals surface area (Å²) in [5, 5.41) is 0. The molecule has 1 atom stereocenters. The molecule has 0 aliphatic carbocycles.